The number of Topliss-reactive ketones (excluding diaryl/α,β-unsaturated/α-hetero) is 2. The lowest BCUT2D eigenvalue weighted by Gasteiger charge is -2.17. The minimum Gasteiger partial charge on any atom is -0.506 e. The number of fused-ring (bicyclic) bond motifs is 1. The van der Waals surface area contributed by atoms with E-state index in [1.165, 1.54) is 0 Å². The lowest BCUT2D eigenvalue weighted by molar-refractivity contribution is -0.123. The summed E-state index contributed by atoms with van der Waals surface area (Å²) < 4.78 is 24.3. The molecule has 0 amide bonds. The number of hydrogen-bond acceptors (Lipinski definition) is 5. The summed E-state index contributed by atoms with van der Waals surface area (Å²) in [5.74, 6) is -0.942. The third-order valence-electron chi connectivity index (χ3n) is 4.64. The van der Waals surface area contributed by atoms with Gasteiger partial charge in [-0.25, -0.2) is 8.42 Å². The standard InChI is InChI=1S/C17H18O5S/c1-9-8-12(10(2)11-6-7-23(21,22)17(9)11)16(20)15-13(18)4-3-5-14(15)19/h8,20H,3-7H2,1-2H3. The van der Waals surface area contributed by atoms with Gasteiger partial charge in [-0.05, 0) is 49.4 Å². The van der Waals surface area contributed by atoms with Gasteiger partial charge in [0, 0.05) is 18.4 Å². The van der Waals surface area contributed by atoms with Gasteiger partial charge < -0.3 is 5.11 Å². The minimum atomic E-state index is -3.28. The van der Waals surface area contributed by atoms with Crippen LogP contribution in [0.15, 0.2) is 16.5 Å². The number of carbonyl (C=O) groups is 2. The molecule has 1 N–H and O–H groups in total. The first-order valence-electron chi connectivity index (χ1n) is 7.60. The molecule has 1 aromatic rings. The van der Waals surface area contributed by atoms with Crippen LogP contribution in [0.4, 0.5) is 0 Å². The second-order valence-electron chi connectivity index (χ2n) is 6.17. The maximum absolute atomic E-state index is 12.1. The van der Waals surface area contributed by atoms with Crippen LogP contribution in [0.3, 0.4) is 0 Å². The highest BCUT2D eigenvalue weighted by Crippen LogP contribution is 2.36. The predicted octanol–water partition coefficient (Wildman–Crippen LogP) is 2.22. The summed E-state index contributed by atoms with van der Waals surface area (Å²) in [4.78, 5) is 24.4. The van der Waals surface area contributed by atoms with Gasteiger partial charge in [0.05, 0.1) is 10.6 Å². The maximum atomic E-state index is 12.1. The van der Waals surface area contributed by atoms with E-state index in [-0.39, 0.29) is 41.5 Å². The fraction of sp³-hybridized carbons (Fsp3) is 0.412. The number of rotatable bonds is 1. The molecular formula is C17H18O5S. The molecule has 0 radical (unpaired) electrons. The molecule has 1 aliphatic heterocycles. The van der Waals surface area contributed by atoms with E-state index < -0.39 is 9.84 Å². The van der Waals surface area contributed by atoms with Crippen LogP contribution in [-0.4, -0.2) is 30.8 Å². The van der Waals surface area contributed by atoms with Crippen molar-refractivity contribution in [2.75, 3.05) is 5.75 Å². The third-order valence-corrected chi connectivity index (χ3v) is 6.57. The number of ketones is 2. The predicted molar refractivity (Wildman–Crippen MR) is 85.1 cm³/mol. The Hall–Kier alpha value is -1.95. The maximum Gasteiger partial charge on any atom is 0.179 e. The van der Waals surface area contributed by atoms with E-state index in [0.717, 1.165) is 0 Å². The second kappa shape index (κ2) is 5.30. The lowest BCUT2D eigenvalue weighted by atomic mass is 9.87. The molecule has 0 bridgehead atoms. The smallest absolute Gasteiger partial charge is 0.179 e. The first kappa shape index (κ1) is 15.9. The van der Waals surface area contributed by atoms with Gasteiger partial charge in [0.15, 0.2) is 21.4 Å². The van der Waals surface area contributed by atoms with Crippen LogP contribution in [-0.2, 0) is 25.8 Å². The number of sulfone groups is 1. The summed E-state index contributed by atoms with van der Waals surface area (Å²) in [6.07, 6.45) is 1.41. The van der Waals surface area contributed by atoms with Gasteiger partial charge in [-0.15, -0.1) is 0 Å². The summed E-state index contributed by atoms with van der Waals surface area (Å²) in [6.45, 7) is 3.40. The van der Waals surface area contributed by atoms with Crippen LogP contribution in [0.2, 0.25) is 0 Å². The zero-order valence-electron chi connectivity index (χ0n) is 13.1. The van der Waals surface area contributed by atoms with Gasteiger partial charge in [0.2, 0.25) is 0 Å². The third kappa shape index (κ3) is 2.41. The summed E-state index contributed by atoms with van der Waals surface area (Å²) in [5.41, 5.74) is 2.10. The molecule has 5 nitrogen and oxygen atoms in total. The molecule has 0 saturated heterocycles. The molecule has 0 unspecified atom stereocenters. The van der Waals surface area contributed by atoms with Crippen molar-refractivity contribution in [3.05, 3.63) is 33.9 Å². The molecule has 3 rings (SSSR count). The fourth-order valence-corrected chi connectivity index (χ4v) is 5.35. The van der Waals surface area contributed by atoms with Crippen LogP contribution in [0.1, 0.15) is 41.5 Å². The summed E-state index contributed by atoms with van der Waals surface area (Å²) in [7, 11) is -3.28. The lowest BCUT2D eigenvalue weighted by Crippen LogP contribution is -2.20. The highest BCUT2D eigenvalue weighted by Gasteiger charge is 2.33. The summed E-state index contributed by atoms with van der Waals surface area (Å²) >= 11 is 0. The zero-order valence-corrected chi connectivity index (χ0v) is 13.9. The average Bonchev–Trinajstić information content (AvgIpc) is 2.79. The highest BCUT2D eigenvalue weighted by molar-refractivity contribution is 7.91. The first-order valence-corrected chi connectivity index (χ1v) is 9.25. The normalized spacial score (nSPS) is 19.8. The first-order chi connectivity index (χ1) is 10.7. The van der Waals surface area contributed by atoms with E-state index in [1.807, 2.05) is 0 Å². The Kier molecular flexibility index (Phi) is 3.67. The molecular weight excluding hydrogens is 316 g/mol. The second-order valence-corrected chi connectivity index (χ2v) is 8.21. The minimum absolute atomic E-state index is 0.0582. The monoisotopic (exact) mass is 334 g/mol. The van der Waals surface area contributed by atoms with Crippen LogP contribution in [0.25, 0.3) is 5.76 Å². The molecule has 1 aliphatic carbocycles. The SMILES string of the molecule is Cc1cc(C(O)=C2C(=O)CCCC2=O)c(C)c2c1S(=O)(=O)CC2. The van der Waals surface area contributed by atoms with E-state index in [0.29, 0.717) is 40.0 Å². The van der Waals surface area contributed by atoms with Crippen LogP contribution in [0, 0.1) is 13.8 Å². The van der Waals surface area contributed by atoms with Gasteiger partial charge in [-0.3, -0.25) is 9.59 Å². The number of benzene rings is 1. The molecule has 23 heavy (non-hydrogen) atoms. The Labute approximate surface area is 134 Å². The zero-order chi connectivity index (χ0) is 16.9. The van der Waals surface area contributed by atoms with Crippen molar-refractivity contribution in [3.63, 3.8) is 0 Å². The molecule has 122 valence electrons. The molecule has 1 saturated carbocycles. The van der Waals surface area contributed by atoms with Crippen LogP contribution < -0.4 is 0 Å². The van der Waals surface area contributed by atoms with Crippen molar-refractivity contribution < 1.29 is 23.1 Å². The Morgan fingerprint density at radius 1 is 1.09 bits per heavy atom. The van der Waals surface area contributed by atoms with Crippen molar-refractivity contribution in [1.29, 1.82) is 0 Å². The Morgan fingerprint density at radius 3 is 2.30 bits per heavy atom. The number of hydrogen-bond donors (Lipinski definition) is 1. The number of aliphatic hydroxyl groups is 1. The average molecular weight is 334 g/mol. The summed E-state index contributed by atoms with van der Waals surface area (Å²) in [5, 5.41) is 10.5. The number of allylic oxidation sites excluding steroid dienone is 1. The van der Waals surface area contributed by atoms with E-state index in [4.69, 9.17) is 0 Å². The van der Waals surface area contributed by atoms with Gasteiger partial charge in [-0.1, -0.05) is 0 Å². The number of aliphatic hydroxyl groups excluding tert-OH is 1. The van der Waals surface area contributed by atoms with Crippen molar-refractivity contribution in [2.24, 2.45) is 0 Å². The van der Waals surface area contributed by atoms with Crippen molar-refractivity contribution in [1.82, 2.24) is 0 Å². The summed E-state index contributed by atoms with van der Waals surface area (Å²) in [6, 6.07) is 1.56. The molecule has 0 spiro atoms. The molecule has 6 heteroatoms. The quantitative estimate of drug-likeness (QED) is 0.483. The van der Waals surface area contributed by atoms with Gasteiger partial charge in [0.25, 0.3) is 0 Å². The number of carbonyl (C=O) groups excluding carboxylic acids is 2. The Balaban J connectivity index is 2.25. The van der Waals surface area contributed by atoms with Crippen molar-refractivity contribution in [2.45, 2.75) is 44.4 Å². The van der Waals surface area contributed by atoms with E-state index in [9.17, 15) is 23.1 Å². The highest BCUT2D eigenvalue weighted by atomic mass is 32.2. The van der Waals surface area contributed by atoms with Crippen molar-refractivity contribution >= 4 is 27.2 Å². The van der Waals surface area contributed by atoms with E-state index >= 15 is 0 Å². The Morgan fingerprint density at radius 2 is 1.70 bits per heavy atom. The molecule has 1 heterocycles. The number of aryl methyl sites for hydroxylation is 1. The Bertz CT molecular complexity index is 857. The van der Waals surface area contributed by atoms with Gasteiger partial charge in [0.1, 0.15) is 11.3 Å². The molecule has 0 aromatic heterocycles. The fourth-order valence-electron chi connectivity index (χ4n) is 3.49. The van der Waals surface area contributed by atoms with Crippen molar-refractivity contribution in [3.8, 4) is 0 Å². The molecule has 0 atom stereocenters. The molecule has 1 aromatic carbocycles. The molecule has 2 aliphatic rings. The van der Waals surface area contributed by atoms with Crippen LogP contribution >= 0.6 is 0 Å². The largest absolute Gasteiger partial charge is 0.506 e. The van der Waals surface area contributed by atoms with E-state index in [2.05, 4.69) is 0 Å². The van der Waals surface area contributed by atoms with Gasteiger partial charge in [-0.2, -0.15) is 0 Å². The van der Waals surface area contributed by atoms with E-state index in [1.54, 1.807) is 19.9 Å². The van der Waals surface area contributed by atoms with Crippen LogP contribution in [0.5, 0.6) is 0 Å². The topological polar surface area (TPSA) is 88.5 Å². The van der Waals surface area contributed by atoms with Gasteiger partial charge >= 0.3 is 0 Å². The molecule has 1 fully saturated rings.